The average Bonchev–Trinajstić information content (AvgIpc) is 2.01. The molecule has 0 N–H and O–H groups in total. The van der Waals surface area contributed by atoms with Crippen LogP contribution in [0.5, 0.6) is 0 Å². The SMILES string of the molecule is CC(=O)c1ccccc1CC(C)(C)C. The van der Waals surface area contributed by atoms with Crippen molar-refractivity contribution in [3.05, 3.63) is 35.4 Å². The third-order valence-electron chi connectivity index (χ3n) is 2.12. The Morgan fingerprint density at radius 3 is 2.29 bits per heavy atom. The van der Waals surface area contributed by atoms with Crippen molar-refractivity contribution in [1.82, 2.24) is 0 Å². The average molecular weight is 190 g/mol. The van der Waals surface area contributed by atoms with Crippen molar-refractivity contribution in [2.24, 2.45) is 5.41 Å². The van der Waals surface area contributed by atoms with Gasteiger partial charge in [-0.05, 0) is 24.3 Å². The fourth-order valence-corrected chi connectivity index (χ4v) is 1.59. The summed E-state index contributed by atoms with van der Waals surface area (Å²) in [7, 11) is 0. The van der Waals surface area contributed by atoms with Gasteiger partial charge < -0.3 is 0 Å². The smallest absolute Gasteiger partial charge is 0.160 e. The molecule has 1 aromatic carbocycles. The number of benzene rings is 1. The Kier molecular flexibility index (Phi) is 3.10. The molecule has 0 saturated heterocycles. The first-order chi connectivity index (χ1) is 6.40. The summed E-state index contributed by atoms with van der Waals surface area (Å²) in [5.41, 5.74) is 2.25. The van der Waals surface area contributed by atoms with E-state index in [0.717, 1.165) is 17.5 Å². The Morgan fingerprint density at radius 2 is 1.79 bits per heavy atom. The van der Waals surface area contributed by atoms with E-state index in [9.17, 15) is 4.79 Å². The molecule has 0 unspecified atom stereocenters. The second kappa shape index (κ2) is 3.95. The molecule has 0 aliphatic carbocycles. The number of hydrogen-bond donors (Lipinski definition) is 0. The van der Waals surface area contributed by atoms with Gasteiger partial charge in [-0.2, -0.15) is 0 Å². The van der Waals surface area contributed by atoms with Gasteiger partial charge in [0.05, 0.1) is 0 Å². The highest BCUT2D eigenvalue weighted by Crippen LogP contribution is 2.23. The Morgan fingerprint density at radius 1 is 1.21 bits per heavy atom. The van der Waals surface area contributed by atoms with E-state index in [1.54, 1.807) is 6.92 Å². The van der Waals surface area contributed by atoms with Gasteiger partial charge >= 0.3 is 0 Å². The first-order valence-electron chi connectivity index (χ1n) is 4.99. The van der Waals surface area contributed by atoms with E-state index < -0.39 is 0 Å². The quantitative estimate of drug-likeness (QED) is 0.652. The molecule has 0 atom stereocenters. The molecule has 1 nitrogen and oxygen atoms in total. The molecule has 0 bridgehead atoms. The molecule has 1 rings (SSSR count). The second-order valence-corrected chi connectivity index (χ2v) is 4.95. The summed E-state index contributed by atoms with van der Waals surface area (Å²) in [6, 6.07) is 7.86. The lowest BCUT2D eigenvalue weighted by Gasteiger charge is -2.19. The van der Waals surface area contributed by atoms with E-state index in [1.807, 2.05) is 24.3 Å². The number of ketones is 1. The Balaban J connectivity index is 3.02. The van der Waals surface area contributed by atoms with Gasteiger partial charge in [-0.1, -0.05) is 45.0 Å². The lowest BCUT2D eigenvalue weighted by molar-refractivity contribution is 0.101. The van der Waals surface area contributed by atoms with E-state index in [-0.39, 0.29) is 11.2 Å². The molecule has 0 aliphatic rings. The lowest BCUT2D eigenvalue weighted by atomic mass is 9.85. The van der Waals surface area contributed by atoms with Crippen molar-refractivity contribution in [3.8, 4) is 0 Å². The monoisotopic (exact) mass is 190 g/mol. The molecule has 1 heteroatoms. The fourth-order valence-electron chi connectivity index (χ4n) is 1.59. The van der Waals surface area contributed by atoms with Crippen molar-refractivity contribution in [2.75, 3.05) is 0 Å². The molecular weight excluding hydrogens is 172 g/mol. The molecule has 0 fully saturated rings. The molecule has 76 valence electrons. The normalized spacial score (nSPS) is 11.4. The minimum absolute atomic E-state index is 0.157. The van der Waals surface area contributed by atoms with Crippen LogP contribution in [0.1, 0.15) is 43.6 Å². The van der Waals surface area contributed by atoms with E-state index in [2.05, 4.69) is 20.8 Å². The maximum Gasteiger partial charge on any atom is 0.160 e. The van der Waals surface area contributed by atoms with Crippen LogP contribution in [-0.4, -0.2) is 5.78 Å². The van der Waals surface area contributed by atoms with Gasteiger partial charge in [0.2, 0.25) is 0 Å². The first-order valence-corrected chi connectivity index (χ1v) is 4.99. The van der Waals surface area contributed by atoms with Crippen LogP contribution in [0.4, 0.5) is 0 Å². The number of hydrogen-bond acceptors (Lipinski definition) is 1. The molecule has 1 aromatic rings. The molecular formula is C13H18O. The van der Waals surface area contributed by atoms with Crippen LogP contribution < -0.4 is 0 Å². The van der Waals surface area contributed by atoms with E-state index in [4.69, 9.17) is 0 Å². The van der Waals surface area contributed by atoms with E-state index in [1.165, 1.54) is 0 Å². The summed E-state index contributed by atoms with van der Waals surface area (Å²) in [6.07, 6.45) is 0.947. The van der Waals surface area contributed by atoms with Crippen molar-refractivity contribution < 1.29 is 4.79 Å². The highest BCUT2D eigenvalue weighted by atomic mass is 16.1. The maximum absolute atomic E-state index is 11.4. The van der Waals surface area contributed by atoms with Crippen molar-refractivity contribution in [3.63, 3.8) is 0 Å². The zero-order chi connectivity index (χ0) is 10.8. The van der Waals surface area contributed by atoms with Crippen LogP contribution in [0.25, 0.3) is 0 Å². The predicted molar refractivity (Wildman–Crippen MR) is 59.6 cm³/mol. The summed E-state index contributed by atoms with van der Waals surface area (Å²) in [5, 5.41) is 0. The summed E-state index contributed by atoms with van der Waals surface area (Å²) in [6.45, 7) is 8.18. The van der Waals surface area contributed by atoms with E-state index in [0.29, 0.717) is 0 Å². The van der Waals surface area contributed by atoms with Gasteiger partial charge in [-0.15, -0.1) is 0 Å². The molecule has 0 amide bonds. The largest absolute Gasteiger partial charge is 0.295 e. The number of rotatable bonds is 2. The lowest BCUT2D eigenvalue weighted by Crippen LogP contribution is -2.12. The molecule has 0 spiro atoms. The highest BCUT2D eigenvalue weighted by Gasteiger charge is 2.14. The topological polar surface area (TPSA) is 17.1 Å². The highest BCUT2D eigenvalue weighted by molar-refractivity contribution is 5.95. The molecule has 0 saturated carbocycles. The van der Waals surface area contributed by atoms with Gasteiger partial charge in [0.25, 0.3) is 0 Å². The molecule has 0 radical (unpaired) electrons. The van der Waals surface area contributed by atoms with Crippen LogP contribution in [0.15, 0.2) is 24.3 Å². The van der Waals surface area contributed by atoms with Crippen LogP contribution in [0.2, 0.25) is 0 Å². The number of carbonyl (C=O) groups is 1. The molecule has 14 heavy (non-hydrogen) atoms. The van der Waals surface area contributed by atoms with Crippen molar-refractivity contribution in [1.29, 1.82) is 0 Å². The summed E-state index contributed by atoms with van der Waals surface area (Å²) < 4.78 is 0. The summed E-state index contributed by atoms with van der Waals surface area (Å²) in [4.78, 5) is 11.4. The zero-order valence-electron chi connectivity index (χ0n) is 9.42. The van der Waals surface area contributed by atoms with Gasteiger partial charge in [0.1, 0.15) is 0 Å². The van der Waals surface area contributed by atoms with Gasteiger partial charge in [0, 0.05) is 5.56 Å². The second-order valence-electron chi connectivity index (χ2n) is 4.95. The van der Waals surface area contributed by atoms with Crippen LogP contribution >= 0.6 is 0 Å². The standard InChI is InChI=1S/C13H18O/c1-10(14)12-8-6-5-7-11(12)9-13(2,3)4/h5-8H,9H2,1-4H3. The van der Waals surface area contributed by atoms with E-state index >= 15 is 0 Å². The van der Waals surface area contributed by atoms with Crippen LogP contribution in [0, 0.1) is 5.41 Å². The minimum Gasteiger partial charge on any atom is -0.295 e. The van der Waals surface area contributed by atoms with Gasteiger partial charge in [-0.3, -0.25) is 4.79 Å². The molecule has 0 heterocycles. The molecule has 0 aliphatic heterocycles. The first kappa shape index (κ1) is 11.0. The Hall–Kier alpha value is -1.11. The minimum atomic E-state index is 0.157. The van der Waals surface area contributed by atoms with Crippen LogP contribution in [-0.2, 0) is 6.42 Å². The van der Waals surface area contributed by atoms with Crippen LogP contribution in [0.3, 0.4) is 0 Å². The van der Waals surface area contributed by atoms with Gasteiger partial charge in [0.15, 0.2) is 5.78 Å². The third-order valence-corrected chi connectivity index (χ3v) is 2.12. The number of carbonyl (C=O) groups excluding carboxylic acids is 1. The van der Waals surface area contributed by atoms with Crippen molar-refractivity contribution >= 4 is 5.78 Å². The third kappa shape index (κ3) is 2.99. The van der Waals surface area contributed by atoms with Crippen molar-refractivity contribution in [2.45, 2.75) is 34.1 Å². The maximum atomic E-state index is 11.4. The zero-order valence-corrected chi connectivity index (χ0v) is 9.42. The molecule has 0 aromatic heterocycles. The van der Waals surface area contributed by atoms with Gasteiger partial charge in [-0.25, -0.2) is 0 Å². The summed E-state index contributed by atoms with van der Waals surface area (Å²) in [5.74, 6) is 0.157. The summed E-state index contributed by atoms with van der Waals surface area (Å²) >= 11 is 0. The fraction of sp³-hybridized carbons (Fsp3) is 0.462. The predicted octanol–water partition coefficient (Wildman–Crippen LogP) is 3.48. The Bertz CT molecular complexity index is 331. The number of Topliss-reactive ketones (excluding diaryl/α,β-unsaturated/α-hetero) is 1. The Labute approximate surface area is 86.1 Å².